The molecule has 5 nitrogen and oxygen atoms in total. The second kappa shape index (κ2) is 3.46. The van der Waals surface area contributed by atoms with E-state index in [-0.39, 0.29) is 11.5 Å². The maximum absolute atomic E-state index is 12.1. The second-order valence-electron chi connectivity index (χ2n) is 4.68. The van der Waals surface area contributed by atoms with Crippen LogP contribution in [0.15, 0.2) is 4.79 Å². The van der Waals surface area contributed by atoms with Gasteiger partial charge in [-0.2, -0.15) is 4.68 Å². The van der Waals surface area contributed by atoms with Crippen LogP contribution in [0, 0.1) is 5.92 Å². The number of nitrogens with zero attached hydrogens (tertiary/aromatic N) is 2. The molecule has 90 valence electrons. The first kappa shape index (κ1) is 10.6. The van der Waals surface area contributed by atoms with Crippen molar-refractivity contribution in [2.24, 2.45) is 5.92 Å². The Morgan fingerprint density at radius 2 is 2.29 bits per heavy atom. The number of rotatable bonds is 0. The smallest absolute Gasteiger partial charge is 0.282 e. The van der Waals surface area contributed by atoms with E-state index < -0.39 is 0 Å². The summed E-state index contributed by atoms with van der Waals surface area (Å²) in [4.78, 5) is 18.3. The molecule has 0 spiro atoms. The lowest BCUT2D eigenvalue weighted by Gasteiger charge is -2.17. The third-order valence-corrected chi connectivity index (χ3v) is 4.54. The van der Waals surface area contributed by atoms with Gasteiger partial charge in [-0.1, -0.05) is 6.92 Å². The van der Waals surface area contributed by atoms with Gasteiger partial charge in [0.2, 0.25) is 5.95 Å². The fourth-order valence-corrected chi connectivity index (χ4v) is 3.80. The van der Waals surface area contributed by atoms with Crippen molar-refractivity contribution in [1.82, 2.24) is 9.66 Å². The zero-order valence-corrected chi connectivity index (χ0v) is 10.4. The summed E-state index contributed by atoms with van der Waals surface area (Å²) in [6, 6.07) is 0. The maximum Gasteiger partial charge on any atom is 0.282 e. The Morgan fingerprint density at radius 1 is 1.53 bits per heavy atom. The molecule has 0 bridgehead atoms. The van der Waals surface area contributed by atoms with E-state index >= 15 is 0 Å². The van der Waals surface area contributed by atoms with E-state index in [4.69, 9.17) is 11.6 Å². The van der Waals surface area contributed by atoms with Crippen LogP contribution in [0.2, 0.25) is 0 Å². The second-order valence-corrected chi connectivity index (χ2v) is 5.76. The molecule has 2 heterocycles. The van der Waals surface area contributed by atoms with Crippen LogP contribution < -0.4 is 17.1 Å². The van der Waals surface area contributed by atoms with Gasteiger partial charge in [0.05, 0.1) is 5.39 Å². The molecule has 0 aliphatic heterocycles. The van der Waals surface area contributed by atoms with Gasteiger partial charge in [0.1, 0.15) is 4.83 Å². The summed E-state index contributed by atoms with van der Waals surface area (Å²) in [5.41, 5.74) is 6.52. The minimum absolute atomic E-state index is 0.0779. The summed E-state index contributed by atoms with van der Waals surface area (Å²) in [5, 5.41) is 0.675. The highest BCUT2D eigenvalue weighted by Crippen LogP contribution is 2.35. The molecule has 0 saturated carbocycles. The van der Waals surface area contributed by atoms with Gasteiger partial charge in [-0.3, -0.25) is 4.79 Å². The first-order valence-corrected chi connectivity index (χ1v) is 6.47. The molecule has 1 aliphatic carbocycles. The zero-order chi connectivity index (χ0) is 12.2. The average Bonchev–Trinajstić information content (AvgIpc) is 2.63. The molecule has 2 aromatic heterocycles. The highest BCUT2D eigenvalue weighted by molar-refractivity contribution is 7.18. The van der Waals surface area contributed by atoms with Crippen LogP contribution in [-0.2, 0) is 12.8 Å². The summed E-state index contributed by atoms with van der Waals surface area (Å²) in [6.07, 6.45) is 3.09. The van der Waals surface area contributed by atoms with Crippen molar-refractivity contribution in [2.45, 2.75) is 26.2 Å². The molecule has 1 aliphatic rings. The summed E-state index contributed by atoms with van der Waals surface area (Å²) in [5.74, 6) is 6.34. The lowest BCUT2D eigenvalue weighted by Crippen LogP contribution is -2.30. The van der Waals surface area contributed by atoms with Crippen molar-refractivity contribution >= 4 is 27.5 Å². The Kier molecular flexibility index (Phi) is 2.16. The van der Waals surface area contributed by atoms with E-state index in [0.717, 1.165) is 34.3 Å². The highest BCUT2D eigenvalue weighted by Gasteiger charge is 2.23. The van der Waals surface area contributed by atoms with E-state index in [1.54, 1.807) is 11.3 Å². The SMILES string of the molecule is CC1CCc2c(sc3nc(N)n(N)c(=O)c23)C1. The van der Waals surface area contributed by atoms with Crippen molar-refractivity contribution in [2.75, 3.05) is 11.6 Å². The summed E-state index contributed by atoms with van der Waals surface area (Å²) in [6.45, 7) is 2.23. The Bertz CT molecular complexity index is 658. The quantitative estimate of drug-likeness (QED) is 0.679. The molecule has 1 unspecified atom stereocenters. The van der Waals surface area contributed by atoms with Gasteiger partial charge < -0.3 is 11.6 Å². The minimum atomic E-state index is -0.223. The number of nitrogen functional groups attached to an aromatic ring is 2. The van der Waals surface area contributed by atoms with Gasteiger partial charge in [0, 0.05) is 4.88 Å². The number of fused-ring (bicyclic) bond motifs is 3. The zero-order valence-electron chi connectivity index (χ0n) is 9.56. The van der Waals surface area contributed by atoms with Gasteiger partial charge in [-0.25, -0.2) is 4.98 Å². The fourth-order valence-electron chi connectivity index (χ4n) is 2.42. The minimum Gasteiger partial charge on any atom is -0.368 e. The van der Waals surface area contributed by atoms with Gasteiger partial charge in [0.15, 0.2) is 0 Å². The Balaban J connectivity index is 2.37. The number of hydrogen-bond acceptors (Lipinski definition) is 5. The number of hydrogen-bond donors (Lipinski definition) is 2. The van der Waals surface area contributed by atoms with Crippen molar-refractivity contribution in [3.8, 4) is 0 Å². The van der Waals surface area contributed by atoms with E-state index in [1.165, 1.54) is 4.88 Å². The molecule has 4 N–H and O–H groups in total. The Morgan fingerprint density at radius 3 is 3.06 bits per heavy atom. The molecule has 2 aromatic rings. The number of aryl methyl sites for hydroxylation is 1. The lowest BCUT2D eigenvalue weighted by molar-refractivity contribution is 0.509. The van der Waals surface area contributed by atoms with Crippen molar-refractivity contribution in [3.63, 3.8) is 0 Å². The third-order valence-electron chi connectivity index (χ3n) is 3.39. The first-order chi connectivity index (χ1) is 8.08. The maximum atomic E-state index is 12.1. The molecule has 0 fully saturated rings. The molecule has 1 atom stereocenters. The molecule has 6 heteroatoms. The third kappa shape index (κ3) is 1.44. The van der Waals surface area contributed by atoms with Gasteiger partial charge in [0.25, 0.3) is 5.56 Å². The van der Waals surface area contributed by atoms with E-state index in [2.05, 4.69) is 11.9 Å². The molecule has 0 radical (unpaired) electrons. The largest absolute Gasteiger partial charge is 0.368 e. The standard InChI is InChI=1S/C11H14N4OS/c1-5-2-3-6-7(4-5)17-9-8(6)10(16)15(13)11(12)14-9/h5H,2-4,13H2,1H3,(H2,12,14). The molecule has 0 aromatic carbocycles. The number of thiophene rings is 1. The topological polar surface area (TPSA) is 86.9 Å². The highest BCUT2D eigenvalue weighted by atomic mass is 32.1. The first-order valence-electron chi connectivity index (χ1n) is 5.65. The Hall–Kier alpha value is -1.56. The van der Waals surface area contributed by atoms with Crippen molar-refractivity contribution in [1.29, 1.82) is 0 Å². The normalized spacial score (nSPS) is 19.5. The number of nitrogens with two attached hydrogens (primary N) is 2. The molecule has 0 saturated heterocycles. The van der Waals surface area contributed by atoms with Crippen LogP contribution in [0.5, 0.6) is 0 Å². The van der Waals surface area contributed by atoms with Crippen LogP contribution in [0.25, 0.3) is 10.2 Å². The lowest BCUT2D eigenvalue weighted by atomic mass is 9.89. The predicted octanol–water partition coefficient (Wildman–Crippen LogP) is 0.879. The molecular formula is C11H14N4OS. The summed E-state index contributed by atoms with van der Waals surface area (Å²) in [7, 11) is 0. The van der Waals surface area contributed by atoms with Crippen LogP contribution in [0.4, 0.5) is 5.95 Å². The van der Waals surface area contributed by atoms with E-state index in [1.807, 2.05) is 0 Å². The van der Waals surface area contributed by atoms with Crippen LogP contribution in [-0.4, -0.2) is 9.66 Å². The molecule has 3 rings (SSSR count). The molecular weight excluding hydrogens is 236 g/mol. The number of aromatic nitrogens is 2. The fraction of sp³-hybridized carbons (Fsp3) is 0.455. The van der Waals surface area contributed by atoms with Gasteiger partial charge in [-0.05, 0) is 30.7 Å². The monoisotopic (exact) mass is 250 g/mol. The van der Waals surface area contributed by atoms with Crippen LogP contribution >= 0.6 is 11.3 Å². The summed E-state index contributed by atoms with van der Waals surface area (Å²) < 4.78 is 0.938. The molecule has 17 heavy (non-hydrogen) atoms. The Labute approximate surface area is 102 Å². The number of anilines is 1. The average molecular weight is 250 g/mol. The van der Waals surface area contributed by atoms with Gasteiger partial charge >= 0.3 is 0 Å². The van der Waals surface area contributed by atoms with Crippen molar-refractivity contribution in [3.05, 3.63) is 20.8 Å². The van der Waals surface area contributed by atoms with E-state index in [9.17, 15) is 4.79 Å². The van der Waals surface area contributed by atoms with Crippen LogP contribution in [0.3, 0.4) is 0 Å². The summed E-state index contributed by atoms with van der Waals surface area (Å²) >= 11 is 1.58. The molecule has 0 amide bonds. The predicted molar refractivity (Wildman–Crippen MR) is 69.6 cm³/mol. The van der Waals surface area contributed by atoms with E-state index in [0.29, 0.717) is 11.3 Å². The van der Waals surface area contributed by atoms with Crippen molar-refractivity contribution < 1.29 is 0 Å². The van der Waals surface area contributed by atoms with Gasteiger partial charge in [-0.15, -0.1) is 11.3 Å². The van der Waals surface area contributed by atoms with Crippen LogP contribution in [0.1, 0.15) is 23.8 Å².